The number of carbonyl (C=O) groups excluding carboxylic acids is 1. The van der Waals surface area contributed by atoms with Crippen molar-refractivity contribution in [2.24, 2.45) is 0 Å². The van der Waals surface area contributed by atoms with E-state index in [1.165, 1.54) is 5.56 Å². The van der Waals surface area contributed by atoms with Crippen LogP contribution < -0.4 is 5.32 Å². The van der Waals surface area contributed by atoms with Crippen molar-refractivity contribution in [3.05, 3.63) is 17.0 Å². The molecule has 1 aromatic rings. The number of rotatable bonds is 5. The van der Waals surface area contributed by atoms with Crippen LogP contribution in [0.2, 0.25) is 0 Å². The highest BCUT2D eigenvalue weighted by Crippen LogP contribution is 2.16. The second-order valence-corrected chi connectivity index (χ2v) is 5.70. The second-order valence-electron chi connectivity index (χ2n) is 5.70. The van der Waals surface area contributed by atoms with E-state index in [-0.39, 0.29) is 24.9 Å². The molecule has 0 aromatic carbocycles. The third-order valence-corrected chi connectivity index (χ3v) is 3.95. The molecule has 22 heavy (non-hydrogen) atoms. The van der Waals surface area contributed by atoms with Crippen LogP contribution in [0.15, 0.2) is 0 Å². The maximum Gasteiger partial charge on any atom is 0.327 e. The van der Waals surface area contributed by atoms with Gasteiger partial charge in [0.05, 0.1) is 12.3 Å². The number of nitrogens with zero attached hydrogens (tertiary/aromatic N) is 3. The number of ether oxygens (including phenoxy) is 1. The van der Waals surface area contributed by atoms with Crippen LogP contribution in [0.4, 0.5) is 0 Å². The first-order chi connectivity index (χ1) is 10.0. The SMILES string of the molecule is CCOC(=O)Cn1nc(C)c(CN2CCN[C@@H](C)C2)c1C.Cl. The van der Waals surface area contributed by atoms with Crippen molar-refractivity contribution < 1.29 is 9.53 Å². The third kappa shape index (κ3) is 4.69. The Morgan fingerprint density at radius 1 is 1.45 bits per heavy atom. The number of esters is 1. The van der Waals surface area contributed by atoms with Gasteiger partial charge in [-0.1, -0.05) is 0 Å². The van der Waals surface area contributed by atoms with Crippen LogP contribution in [0.5, 0.6) is 0 Å². The number of hydrogen-bond donors (Lipinski definition) is 1. The number of halogens is 1. The zero-order chi connectivity index (χ0) is 15.4. The van der Waals surface area contributed by atoms with Gasteiger partial charge in [0.25, 0.3) is 0 Å². The Morgan fingerprint density at radius 2 is 2.18 bits per heavy atom. The van der Waals surface area contributed by atoms with Crippen LogP contribution in [-0.2, 0) is 22.6 Å². The summed E-state index contributed by atoms with van der Waals surface area (Å²) in [5.74, 6) is -0.231. The summed E-state index contributed by atoms with van der Waals surface area (Å²) in [6, 6.07) is 0.522. The number of nitrogens with one attached hydrogen (secondary N) is 1. The lowest BCUT2D eigenvalue weighted by molar-refractivity contribution is -0.144. The number of aromatic nitrogens is 2. The van der Waals surface area contributed by atoms with Gasteiger partial charge in [-0.15, -0.1) is 12.4 Å². The van der Waals surface area contributed by atoms with Crippen LogP contribution >= 0.6 is 12.4 Å². The van der Waals surface area contributed by atoms with Gasteiger partial charge in [0.1, 0.15) is 6.54 Å². The smallest absolute Gasteiger partial charge is 0.327 e. The Kier molecular flexibility index (Phi) is 7.32. The monoisotopic (exact) mass is 330 g/mol. The van der Waals surface area contributed by atoms with Crippen LogP contribution in [0.25, 0.3) is 0 Å². The molecule has 126 valence electrons. The van der Waals surface area contributed by atoms with Crippen molar-refractivity contribution in [2.45, 2.75) is 46.8 Å². The topological polar surface area (TPSA) is 59.4 Å². The Hall–Kier alpha value is -1.11. The second kappa shape index (κ2) is 8.50. The summed E-state index contributed by atoms with van der Waals surface area (Å²) in [6.07, 6.45) is 0. The van der Waals surface area contributed by atoms with Crippen molar-refractivity contribution in [1.29, 1.82) is 0 Å². The van der Waals surface area contributed by atoms with Gasteiger partial charge in [0, 0.05) is 43.5 Å². The van der Waals surface area contributed by atoms with Gasteiger partial charge < -0.3 is 10.1 Å². The van der Waals surface area contributed by atoms with E-state index in [0.717, 1.165) is 37.6 Å². The first-order valence-electron chi connectivity index (χ1n) is 7.65. The average molecular weight is 331 g/mol. The molecule has 0 spiro atoms. The molecule has 0 unspecified atom stereocenters. The molecule has 2 rings (SSSR count). The number of carbonyl (C=O) groups is 1. The largest absolute Gasteiger partial charge is 0.465 e. The lowest BCUT2D eigenvalue weighted by atomic mass is 10.1. The molecule has 2 heterocycles. The summed E-state index contributed by atoms with van der Waals surface area (Å²) in [5, 5.41) is 7.94. The van der Waals surface area contributed by atoms with E-state index in [1.54, 1.807) is 4.68 Å². The van der Waals surface area contributed by atoms with Gasteiger partial charge in [0.15, 0.2) is 0 Å². The molecule has 6 nitrogen and oxygen atoms in total. The summed E-state index contributed by atoms with van der Waals surface area (Å²) in [4.78, 5) is 14.1. The van der Waals surface area contributed by atoms with E-state index in [2.05, 4.69) is 22.2 Å². The van der Waals surface area contributed by atoms with E-state index in [1.807, 2.05) is 20.8 Å². The minimum atomic E-state index is -0.231. The maximum atomic E-state index is 11.6. The lowest BCUT2D eigenvalue weighted by Gasteiger charge is -2.31. The van der Waals surface area contributed by atoms with Crippen molar-refractivity contribution >= 4 is 18.4 Å². The molecule has 0 saturated carbocycles. The van der Waals surface area contributed by atoms with Gasteiger partial charge in [-0.25, -0.2) is 0 Å². The zero-order valence-electron chi connectivity index (χ0n) is 13.9. The van der Waals surface area contributed by atoms with Crippen molar-refractivity contribution in [3.8, 4) is 0 Å². The minimum Gasteiger partial charge on any atom is -0.465 e. The molecular weight excluding hydrogens is 304 g/mol. The molecule has 0 amide bonds. The highest BCUT2D eigenvalue weighted by molar-refractivity contribution is 5.85. The number of hydrogen-bond acceptors (Lipinski definition) is 5. The molecule has 1 aromatic heterocycles. The van der Waals surface area contributed by atoms with Gasteiger partial charge in [-0.3, -0.25) is 14.4 Å². The van der Waals surface area contributed by atoms with Gasteiger partial charge in [-0.2, -0.15) is 5.10 Å². The molecule has 0 bridgehead atoms. The molecule has 7 heteroatoms. The summed E-state index contributed by atoms with van der Waals surface area (Å²) in [6.45, 7) is 12.7. The van der Waals surface area contributed by atoms with E-state index in [9.17, 15) is 4.79 Å². The summed E-state index contributed by atoms with van der Waals surface area (Å²) >= 11 is 0. The van der Waals surface area contributed by atoms with Crippen LogP contribution in [-0.4, -0.2) is 52.9 Å². The van der Waals surface area contributed by atoms with E-state index in [0.29, 0.717) is 12.6 Å². The fourth-order valence-electron chi connectivity index (χ4n) is 2.83. The fourth-order valence-corrected chi connectivity index (χ4v) is 2.83. The fraction of sp³-hybridized carbons (Fsp3) is 0.733. The summed E-state index contributed by atoms with van der Waals surface area (Å²) in [5.41, 5.74) is 3.29. The molecule has 1 fully saturated rings. The maximum absolute atomic E-state index is 11.6. The first kappa shape index (κ1) is 18.9. The van der Waals surface area contributed by atoms with E-state index < -0.39 is 0 Å². The lowest BCUT2D eigenvalue weighted by Crippen LogP contribution is -2.48. The molecule has 1 atom stereocenters. The normalized spacial score (nSPS) is 18.8. The highest BCUT2D eigenvalue weighted by Gasteiger charge is 2.20. The molecule has 1 aliphatic heterocycles. The molecule has 1 saturated heterocycles. The summed E-state index contributed by atoms with van der Waals surface area (Å²) < 4.78 is 6.75. The number of aryl methyl sites for hydroxylation is 1. The Morgan fingerprint density at radius 3 is 2.82 bits per heavy atom. The Bertz CT molecular complexity index is 504. The Labute approximate surface area is 138 Å². The quantitative estimate of drug-likeness (QED) is 0.824. The molecule has 1 N–H and O–H groups in total. The molecule has 0 radical (unpaired) electrons. The van der Waals surface area contributed by atoms with Gasteiger partial charge in [-0.05, 0) is 27.7 Å². The minimum absolute atomic E-state index is 0. The highest BCUT2D eigenvalue weighted by atomic mass is 35.5. The predicted octanol–water partition coefficient (Wildman–Crippen LogP) is 1.28. The van der Waals surface area contributed by atoms with Crippen LogP contribution in [0.3, 0.4) is 0 Å². The molecular formula is C15H27ClN4O2. The number of piperazine rings is 1. The molecule has 1 aliphatic rings. The first-order valence-corrected chi connectivity index (χ1v) is 7.65. The average Bonchev–Trinajstić information content (AvgIpc) is 2.67. The van der Waals surface area contributed by atoms with Crippen molar-refractivity contribution in [3.63, 3.8) is 0 Å². The van der Waals surface area contributed by atoms with Crippen molar-refractivity contribution in [2.75, 3.05) is 26.2 Å². The van der Waals surface area contributed by atoms with Gasteiger partial charge in [0.2, 0.25) is 0 Å². The zero-order valence-corrected chi connectivity index (χ0v) is 14.7. The van der Waals surface area contributed by atoms with E-state index in [4.69, 9.17) is 4.74 Å². The van der Waals surface area contributed by atoms with Gasteiger partial charge >= 0.3 is 5.97 Å². The van der Waals surface area contributed by atoms with Crippen molar-refractivity contribution in [1.82, 2.24) is 20.0 Å². The van der Waals surface area contributed by atoms with Crippen LogP contribution in [0, 0.1) is 13.8 Å². The molecule has 0 aliphatic carbocycles. The Balaban J connectivity index is 0.00000242. The predicted molar refractivity (Wildman–Crippen MR) is 88.3 cm³/mol. The third-order valence-electron chi connectivity index (χ3n) is 3.95. The summed E-state index contributed by atoms with van der Waals surface area (Å²) in [7, 11) is 0. The standard InChI is InChI=1S/C15H26N4O2.ClH/c1-5-21-15(20)10-19-13(4)14(12(3)17-19)9-18-7-6-16-11(2)8-18;/h11,16H,5-10H2,1-4H3;1H/t11-;/m0./s1. The van der Waals surface area contributed by atoms with E-state index >= 15 is 0 Å². The van der Waals surface area contributed by atoms with Crippen LogP contribution in [0.1, 0.15) is 30.8 Å².